The standard InChI is InChI=1S/C18H22N2O/c1-3-16(14-15(2)21)19-20(17-10-6-4-7-11-17)18-12-8-5-9-13-18/h3-13,15-16,19,21H,1,14H2,2H3/t15-,16?/m1/s1. The minimum Gasteiger partial charge on any atom is -0.393 e. The predicted octanol–water partition coefficient (Wildman–Crippen LogP) is 3.65. The molecule has 0 bridgehead atoms. The number of rotatable bonds is 7. The van der Waals surface area contributed by atoms with Gasteiger partial charge in [-0.15, -0.1) is 6.58 Å². The third-order valence-electron chi connectivity index (χ3n) is 3.20. The highest BCUT2D eigenvalue weighted by Gasteiger charge is 2.14. The van der Waals surface area contributed by atoms with Gasteiger partial charge in [-0.05, 0) is 37.6 Å². The number of nitrogens with one attached hydrogen (secondary N) is 1. The summed E-state index contributed by atoms with van der Waals surface area (Å²) in [6.07, 6.45) is 2.06. The molecule has 1 unspecified atom stereocenters. The first-order chi connectivity index (χ1) is 10.2. The van der Waals surface area contributed by atoms with Gasteiger partial charge in [-0.2, -0.15) is 0 Å². The Balaban J connectivity index is 2.26. The smallest absolute Gasteiger partial charge is 0.0578 e. The first-order valence-electron chi connectivity index (χ1n) is 7.17. The highest BCUT2D eigenvalue weighted by molar-refractivity contribution is 5.61. The highest BCUT2D eigenvalue weighted by atomic mass is 16.3. The number of aliphatic hydroxyl groups is 1. The van der Waals surface area contributed by atoms with Gasteiger partial charge in [0.15, 0.2) is 0 Å². The van der Waals surface area contributed by atoms with Crippen LogP contribution in [0.25, 0.3) is 0 Å². The number of anilines is 2. The fourth-order valence-electron chi connectivity index (χ4n) is 2.19. The molecule has 0 aliphatic rings. The Morgan fingerprint density at radius 3 is 1.90 bits per heavy atom. The molecule has 0 aromatic heterocycles. The summed E-state index contributed by atoms with van der Waals surface area (Å²) >= 11 is 0. The second-order valence-corrected chi connectivity index (χ2v) is 5.06. The number of aliphatic hydroxyl groups excluding tert-OH is 1. The first-order valence-corrected chi connectivity index (χ1v) is 7.17. The zero-order valence-corrected chi connectivity index (χ0v) is 12.3. The van der Waals surface area contributed by atoms with E-state index in [2.05, 4.69) is 12.0 Å². The molecule has 0 spiro atoms. The van der Waals surface area contributed by atoms with Gasteiger partial charge in [0.1, 0.15) is 0 Å². The van der Waals surface area contributed by atoms with Gasteiger partial charge in [0.25, 0.3) is 0 Å². The maximum absolute atomic E-state index is 9.60. The lowest BCUT2D eigenvalue weighted by atomic mass is 10.1. The van der Waals surface area contributed by atoms with Gasteiger partial charge in [0, 0.05) is 6.04 Å². The van der Waals surface area contributed by atoms with Crippen molar-refractivity contribution in [3.63, 3.8) is 0 Å². The predicted molar refractivity (Wildman–Crippen MR) is 88.4 cm³/mol. The van der Waals surface area contributed by atoms with Crippen molar-refractivity contribution in [1.82, 2.24) is 5.43 Å². The fourth-order valence-corrected chi connectivity index (χ4v) is 2.19. The number of hydrogen-bond acceptors (Lipinski definition) is 3. The molecular formula is C18H22N2O. The van der Waals surface area contributed by atoms with Crippen molar-refractivity contribution in [2.75, 3.05) is 5.01 Å². The molecule has 0 aliphatic carbocycles. The van der Waals surface area contributed by atoms with Gasteiger partial charge in [0.05, 0.1) is 17.5 Å². The lowest BCUT2D eigenvalue weighted by Crippen LogP contribution is -2.42. The number of nitrogens with zero attached hydrogens (tertiary/aromatic N) is 1. The molecule has 0 amide bonds. The first kappa shape index (κ1) is 15.3. The number of para-hydroxylation sites is 2. The Kier molecular flexibility index (Phi) is 5.55. The lowest BCUT2D eigenvalue weighted by Gasteiger charge is -2.30. The minimum atomic E-state index is -0.381. The van der Waals surface area contributed by atoms with Crippen LogP contribution < -0.4 is 10.4 Å². The number of hydrazine groups is 1. The third-order valence-corrected chi connectivity index (χ3v) is 3.20. The van der Waals surface area contributed by atoms with E-state index in [1.165, 1.54) is 0 Å². The largest absolute Gasteiger partial charge is 0.393 e. The van der Waals surface area contributed by atoms with E-state index in [4.69, 9.17) is 0 Å². The summed E-state index contributed by atoms with van der Waals surface area (Å²) < 4.78 is 0. The molecule has 2 aromatic rings. The molecule has 2 atom stereocenters. The molecule has 0 saturated heterocycles. The van der Waals surface area contributed by atoms with E-state index in [9.17, 15) is 5.11 Å². The van der Waals surface area contributed by atoms with Crippen molar-refractivity contribution in [2.45, 2.75) is 25.5 Å². The van der Waals surface area contributed by atoms with Gasteiger partial charge < -0.3 is 5.11 Å². The SMILES string of the molecule is C=CC(C[C@@H](C)O)NN(c1ccccc1)c1ccccc1. The Morgan fingerprint density at radius 1 is 1.05 bits per heavy atom. The van der Waals surface area contributed by atoms with E-state index in [-0.39, 0.29) is 12.1 Å². The molecule has 3 heteroatoms. The minimum absolute atomic E-state index is 0.00888. The molecule has 110 valence electrons. The van der Waals surface area contributed by atoms with Crippen LogP contribution in [-0.4, -0.2) is 17.3 Å². The van der Waals surface area contributed by atoms with Crippen LogP contribution in [-0.2, 0) is 0 Å². The lowest BCUT2D eigenvalue weighted by molar-refractivity contribution is 0.175. The van der Waals surface area contributed by atoms with E-state index in [0.717, 1.165) is 11.4 Å². The van der Waals surface area contributed by atoms with E-state index in [1.807, 2.05) is 71.7 Å². The maximum Gasteiger partial charge on any atom is 0.0578 e. The Morgan fingerprint density at radius 2 is 1.52 bits per heavy atom. The average Bonchev–Trinajstić information content (AvgIpc) is 2.52. The van der Waals surface area contributed by atoms with E-state index < -0.39 is 0 Å². The number of benzene rings is 2. The topological polar surface area (TPSA) is 35.5 Å². The monoisotopic (exact) mass is 282 g/mol. The van der Waals surface area contributed by atoms with Crippen LogP contribution in [0.5, 0.6) is 0 Å². The summed E-state index contributed by atoms with van der Waals surface area (Å²) in [5, 5.41) is 11.6. The summed E-state index contributed by atoms with van der Waals surface area (Å²) in [5.74, 6) is 0. The van der Waals surface area contributed by atoms with Crippen molar-refractivity contribution < 1.29 is 5.11 Å². The second kappa shape index (κ2) is 7.62. The summed E-state index contributed by atoms with van der Waals surface area (Å²) in [6, 6.07) is 20.2. The van der Waals surface area contributed by atoms with Crippen molar-refractivity contribution in [3.05, 3.63) is 73.3 Å². The normalized spacial score (nSPS) is 13.4. The van der Waals surface area contributed by atoms with Crippen molar-refractivity contribution in [2.24, 2.45) is 0 Å². The van der Waals surface area contributed by atoms with Crippen LogP contribution in [0.4, 0.5) is 11.4 Å². The molecule has 0 saturated carbocycles. The van der Waals surface area contributed by atoms with Gasteiger partial charge in [-0.25, -0.2) is 5.43 Å². The van der Waals surface area contributed by atoms with Crippen LogP contribution in [0.2, 0.25) is 0 Å². The molecule has 0 radical (unpaired) electrons. The van der Waals surface area contributed by atoms with Gasteiger partial charge >= 0.3 is 0 Å². The summed E-state index contributed by atoms with van der Waals surface area (Å²) in [6.45, 7) is 5.64. The zero-order valence-electron chi connectivity index (χ0n) is 12.3. The van der Waals surface area contributed by atoms with Gasteiger partial charge in [0.2, 0.25) is 0 Å². The van der Waals surface area contributed by atoms with Crippen LogP contribution in [0.15, 0.2) is 73.3 Å². The highest BCUT2D eigenvalue weighted by Crippen LogP contribution is 2.23. The summed E-state index contributed by atoms with van der Waals surface area (Å²) in [5.41, 5.74) is 5.51. The van der Waals surface area contributed by atoms with Crippen molar-refractivity contribution >= 4 is 11.4 Å². The van der Waals surface area contributed by atoms with Crippen LogP contribution in [0.1, 0.15) is 13.3 Å². The quantitative estimate of drug-likeness (QED) is 0.601. The van der Waals surface area contributed by atoms with Crippen molar-refractivity contribution in [3.8, 4) is 0 Å². The number of hydrogen-bond donors (Lipinski definition) is 2. The van der Waals surface area contributed by atoms with Crippen LogP contribution in [0.3, 0.4) is 0 Å². The fraction of sp³-hybridized carbons (Fsp3) is 0.222. The molecular weight excluding hydrogens is 260 g/mol. The molecule has 2 aromatic carbocycles. The van der Waals surface area contributed by atoms with Crippen molar-refractivity contribution in [1.29, 1.82) is 0 Å². The molecule has 0 fully saturated rings. The zero-order chi connectivity index (χ0) is 15.1. The second-order valence-electron chi connectivity index (χ2n) is 5.06. The Bertz CT molecular complexity index is 500. The molecule has 2 rings (SSSR count). The van der Waals surface area contributed by atoms with Crippen LogP contribution in [0, 0.1) is 0 Å². The molecule has 21 heavy (non-hydrogen) atoms. The Labute approximate surface area is 126 Å². The Hall–Kier alpha value is -2.10. The van der Waals surface area contributed by atoms with E-state index in [0.29, 0.717) is 6.42 Å². The van der Waals surface area contributed by atoms with Gasteiger partial charge in [-0.1, -0.05) is 42.5 Å². The molecule has 3 nitrogen and oxygen atoms in total. The molecule has 2 N–H and O–H groups in total. The third kappa shape index (κ3) is 4.45. The average molecular weight is 282 g/mol. The maximum atomic E-state index is 9.60. The molecule has 0 aliphatic heterocycles. The molecule has 0 heterocycles. The summed E-state index contributed by atoms with van der Waals surface area (Å²) in [4.78, 5) is 0. The van der Waals surface area contributed by atoms with Crippen LogP contribution >= 0.6 is 0 Å². The van der Waals surface area contributed by atoms with Gasteiger partial charge in [-0.3, -0.25) is 5.01 Å². The summed E-state index contributed by atoms with van der Waals surface area (Å²) in [7, 11) is 0. The van der Waals surface area contributed by atoms with E-state index in [1.54, 1.807) is 6.92 Å². The van der Waals surface area contributed by atoms with E-state index >= 15 is 0 Å².